The molecule has 2 aliphatic rings. The maximum atomic E-state index is 13.1. The number of carbonyl (C=O) groups excluding carboxylic acids is 2. The largest absolute Gasteiger partial charge is 0.280 e. The molecule has 6 heteroatoms. The van der Waals surface area contributed by atoms with Crippen molar-refractivity contribution in [2.75, 3.05) is 11.6 Å². The second-order valence-electron chi connectivity index (χ2n) is 7.12. The number of nitrogens with zero attached hydrogens (tertiary/aromatic N) is 3. The summed E-state index contributed by atoms with van der Waals surface area (Å²) in [6.07, 6.45) is 2.61. The van der Waals surface area contributed by atoms with Gasteiger partial charge in [0.2, 0.25) is 5.91 Å². The van der Waals surface area contributed by atoms with Gasteiger partial charge >= 0.3 is 0 Å². The van der Waals surface area contributed by atoms with Gasteiger partial charge < -0.3 is 0 Å². The summed E-state index contributed by atoms with van der Waals surface area (Å²) in [5.74, 6) is -0.740. The fourth-order valence-electron chi connectivity index (χ4n) is 3.72. The van der Waals surface area contributed by atoms with E-state index in [0.29, 0.717) is 6.54 Å². The number of carbonyl (C=O) groups is 2. The van der Waals surface area contributed by atoms with Gasteiger partial charge in [0.15, 0.2) is 6.10 Å². The number of imide groups is 1. The van der Waals surface area contributed by atoms with E-state index in [1.807, 2.05) is 56.3 Å². The molecule has 2 amide bonds. The van der Waals surface area contributed by atoms with Gasteiger partial charge in [0, 0.05) is 18.9 Å². The van der Waals surface area contributed by atoms with Crippen molar-refractivity contribution in [1.82, 2.24) is 9.88 Å². The molecule has 6 nitrogen and oxygen atoms in total. The smallest absolute Gasteiger partial charge is 0.262 e. The molecule has 0 bridgehead atoms. The molecule has 2 fully saturated rings. The number of aromatic nitrogens is 1. The first-order valence-corrected chi connectivity index (χ1v) is 8.84. The highest BCUT2D eigenvalue weighted by atomic mass is 16.7. The molecule has 2 saturated heterocycles. The molecule has 3 heterocycles. The molecule has 0 unspecified atom stereocenters. The molecule has 1 aromatic carbocycles. The fourth-order valence-corrected chi connectivity index (χ4v) is 3.72. The van der Waals surface area contributed by atoms with E-state index < -0.39 is 12.0 Å². The lowest BCUT2D eigenvalue weighted by Gasteiger charge is -2.29. The molecule has 2 aliphatic heterocycles. The molecular formula is C20H21N3O3. The van der Waals surface area contributed by atoms with Gasteiger partial charge in [-0.05, 0) is 35.7 Å². The Morgan fingerprint density at radius 2 is 1.73 bits per heavy atom. The predicted octanol–water partition coefficient (Wildman–Crippen LogP) is 2.58. The Morgan fingerprint density at radius 1 is 1.04 bits per heavy atom. The van der Waals surface area contributed by atoms with Crippen molar-refractivity contribution in [3.63, 3.8) is 0 Å². The number of amides is 2. The lowest BCUT2D eigenvalue weighted by molar-refractivity contribution is -0.143. The van der Waals surface area contributed by atoms with Crippen LogP contribution in [0.4, 0.5) is 5.69 Å². The van der Waals surface area contributed by atoms with E-state index in [1.165, 1.54) is 4.90 Å². The molecule has 26 heavy (non-hydrogen) atoms. The summed E-state index contributed by atoms with van der Waals surface area (Å²) in [4.78, 5) is 37.4. The van der Waals surface area contributed by atoms with Crippen LogP contribution in [0.1, 0.15) is 25.5 Å². The van der Waals surface area contributed by atoms with Crippen molar-refractivity contribution in [2.24, 2.45) is 11.8 Å². The first kappa shape index (κ1) is 16.7. The number of benzene rings is 1. The second kappa shape index (κ2) is 6.53. The zero-order valence-electron chi connectivity index (χ0n) is 14.8. The molecule has 1 aromatic heterocycles. The molecule has 0 aliphatic carbocycles. The predicted molar refractivity (Wildman–Crippen MR) is 95.8 cm³/mol. The van der Waals surface area contributed by atoms with E-state index in [2.05, 4.69) is 4.98 Å². The lowest BCUT2D eigenvalue weighted by atomic mass is 9.91. The lowest BCUT2D eigenvalue weighted by Crippen LogP contribution is -2.39. The summed E-state index contributed by atoms with van der Waals surface area (Å²) in [6, 6.07) is 12.9. The van der Waals surface area contributed by atoms with Gasteiger partial charge in [-0.1, -0.05) is 32.0 Å². The van der Waals surface area contributed by atoms with Gasteiger partial charge in [0.05, 0.1) is 11.7 Å². The van der Waals surface area contributed by atoms with Crippen LogP contribution >= 0.6 is 0 Å². The second-order valence-corrected chi connectivity index (χ2v) is 7.12. The van der Waals surface area contributed by atoms with Gasteiger partial charge in [0.25, 0.3) is 5.91 Å². The highest BCUT2D eigenvalue weighted by Gasteiger charge is 2.59. The summed E-state index contributed by atoms with van der Waals surface area (Å²) < 4.78 is 0. The highest BCUT2D eigenvalue weighted by Crippen LogP contribution is 2.46. The Balaban J connectivity index is 1.75. The molecule has 2 aromatic rings. The third kappa shape index (κ3) is 2.66. The van der Waals surface area contributed by atoms with Crippen LogP contribution in [0.15, 0.2) is 54.9 Å². The Bertz CT molecular complexity index is 810. The first-order chi connectivity index (χ1) is 12.6. The summed E-state index contributed by atoms with van der Waals surface area (Å²) in [5.41, 5.74) is 1.73. The Kier molecular flexibility index (Phi) is 4.20. The number of fused-ring (bicyclic) bond motifs is 1. The molecule has 0 radical (unpaired) electrons. The monoisotopic (exact) mass is 351 g/mol. The summed E-state index contributed by atoms with van der Waals surface area (Å²) in [7, 11) is 0. The van der Waals surface area contributed by atoms with Crippen LogP contribution in [-0.2, 0) is 14.4 Å². The zero-order chi connectivity index (χ0) is 18.3. The number of pyridine rings is 1. The Morgan fingerprint density at radius 3 is 2.38 bits per heavy atom. The Hall–Kier alpha value is -2.73. The minimum atomic E-state index is -0.778. The van der Waals surface area contributed by atoms with E-state index in [-0.39, 0.29) is 23.8 Å². The number of hydroxylamine groups is 1. The molecule has 0 spiro atoms. The van der Waals surface area contributed by atoms with Crippen LogP contribution in [0, 0.1) is 11.8 Å². The van der Waals surface area contributed by atoms with Gasteiger partial charge in [-0.2, -0.15) is 0 Å². The number of hydrogen-bond acceptors (Lipinski definition) is 5. The van der Waals surface area contributed by atoms with Crippen molar-refractivity contribution in [3.8, 4) is 0 Å². The zero-order valence-corrected chi connectivity index (χ0v) is 14.8. The van der Waals surface area contributed by atoms with E-state index in [9.17, 15) is 9.59 Å². The Labute approximate surface area is 152 Å². The maximum Gasteiger partial charge on any atom is 0.262 e. The van der Waals surface area contributed by atoms with E-state index >= 15 is 0 Å². The van der Waals surface area contributed by atoms with Crippen molar-refractivity contribution >= 4 is 17.5 Å². The number of para-hydroxylation sites is 1. The molecule has 3 atom stereocenters. The summed E-state index contributed by atoms with van der Waals surface area (Å²) in [6.45, 7) is 4.40. The number of anilines is 1. The van der Waals surface area contributed by atoms with Crippen LogP contribution < -0.4 is 5.06 Å². The summed E-state index contributed by atoms with van der Waals surface area (Å²) >= 11 is 0. The maximum absolute atomic E-state index is 13.1. The standard InChI is InChI=1S/C20H21N3O3/c1-13(2)12-22-19(24)16-17(14-8-10-21-11-9-14)23(26-18(16)20(22)25)15-6-4-3-5-7-15/h3-11,13,16-18H,12H2,1-2H3/t16-,17-,18-/m1/s1. The van der Waals surface area contributed by atoms with E-state index in [0.717, 1.165) is 11.3 Å². The SMILES string of the molecule is CC(C)CN1C(=O)[C@@H]2[C@@H](c3ccncc3)N(c3ccccc3)O[C@H]2C1=O. The van der Waals surface area contributed by atoms with Gasteiger partial charge in [-0.25, -0.2) is 5.06 Å². The summed E-state index contributed by atoms with van der Waals surface area (Å²) in [5, 5.41) is 1.70. The normalized spacial score (nSPS) is 25.3. The average Bonchev–Trinajstić information content (AvgIpc) is 3.15. The number of rotatable bonds is 4. The molecular weight excluding hydrogens is 330 g/mol. The topological polar surface area (TPSA) is 62.7 Å². The third-order valence-corrected chi connectivity index (χ3v) is 4.81. The number of hydrogen-bond donors (Lipinski definition) is 0. The fraction of sp³-hybridized carbons (Fsp3) is 0.350. The van der Waals surface area contributed by atoms with E-state index in [1.54, 1.807) is 17.5 Å². The molecule has 0 saturated carbocycles. The van der Waals surface area contributed by atoms with Crippen LogP contribution in [0.3, 0.4) is 0 Å². The van der Waals surface area contributed by atoms with Gasteiger partial charge in [-0.3, -0.25) is 24.3 Å². The minimum Gasteiger partial charge on any atom is -0.280 e. The van der Waals surface area contributed by atoms with Crippen LogP contribution in [0.5, 0.6) is 0 Å². The highest BCUT2D eigenvalue weighted by molar-refractivity contribution is 6.07. The molecule has 0 N–H and O–H groups in total. The van der Waals surface area contributed by atoms with Crippen LogP contribution in [0.25, 0.3) is 0 Å². The van der Waals surface area contributed by atoms with E-state index in [4.69, 9.17) is 4.84 Å². The van der Waals surface area contributed by atoms with Crippen molar-refractivity contribution in [1.29, 1.82) is 0 Å². The number of likely N-dealkylation sites (tertiary alicyclic amines) is 1. The molecule has 134 valence electrons. The first-order valence-electron chi connectivity index (χ1n) is 8.84. The quantitative estimate of drug-likeness (QED) is 0.793. The average molecular weight is 351 g/mol. The van der Waals surface area contributed by atoms with Crippen LogP contribution in [0.2, 0.25) is 0 Å². The van der Waals surface area contributed by atoms with Gasteiger partial charge in [0.1, 0.15) is 5.92 Å². The van der Waals surface area contributed by atoms with Crippen molar-refractivity contribution < 1.29 is 14.4 Å². The van der Waals surface area contributed by atoms with Gasteiger partial charge in [-0.15, -0.1) is 0 Å². The third-order valence-electron chi connectivity index (χ3n) is 4.81. The molecule has 4 rings (SSSR count). The minimum absolute atomic E-state index is 0.158. The van der Waals surface area contributed by atoms with Crippen molar-refractivity contribution in [3.05, 3.63) is 60.4 Å². The van der Waals surface area contributed by atoms with Crippen LogP contribution in [-0.4, -0.2) is 34.3 Å². The van der Waals surface area contributed by atoms with Crippen molar-refractivity contribution in [2.45, 2.75) is 26.0 Å².